The molecule has 0 aromatic carbocycles. The molecule has 0 atom stereocenters. The third-order valence-electron chi connectivity index (χ3n) is 2.55. The van der Waals surface area contributed by atoms with Gasteiger partial charge in [0.15, 0.2) is 0 Å². The van der Waals surface area contributed by atoms with E-state index in [2.05, 4.69) is 5.10 Å². The minimum atomic E-state index is -0.900. The summed E-state index contributed by atoms with van der Waals surface area (Å²) in [5.41, 5.74) is 2.37. The number of carboxylic acids is 1. The Balaban J connectivity index is 2.35. The van der Waals surface area contributed by atoms with Gasteiger partial charge in [-0.05, 0) is 30.9 Å². The lowest BCUT2D eigenvalue weighted by molar-refractivity contribution is 0.0701. The minimum absolute atomic E-state index is 0.355. The Kier molecular flexibility index (Phi) is 3.22. The Bertz CT molecular complexity index is 574. The maximum absolute atomic E-state index is 11.0. The van der Waals surface area contributed by atoms with Crippen LogP contribution in [0.2, 0.25) is 5.02 Å². The molecule has 0 spiro atoms. The quantitative estimate of drug-likeness (QED) is 0.933. The molecule has 1 N–H and O–H groups in total. The number of aryl methyl sites for hydroxylation is 1. The molecule has 0 saturated carbocycles. The molecule has 0 bridgehead atoms. The van der Waals surface area contributed by atoms with Crippen LogP contribution >= 0.6 is 22.9 Å². The first-order valence-electron chi connectivity index (χ1n) is 5.00. The van der Waals surface area contributed by atoms with Crippen molar-refractivity contribution in [2.75, 3.05) is 0 Å². The molecule has 17 heavy (non-hydrogen) atoms. The number of rotatable bonds is 3. The van der Waals surface area contributed by atoms with Crippen molar-refractivity contribution in [2.24, 2.45) is 0 Å². The van der Waals surface area contributed by atoms with Crippen LogP contribution in [0.4, 0.5) is 0 Å². The van der Waals surface area contributed by atoms with Crippen molar-refractivity contribution in [1.29, 1.82) is 0 Å². The average molecular weight is 271 g/mol. The van der Waals surface area contributed by atoms with Crippen molar-refractivity contribution >= 4 is 28.9 Å². The van der Waals surface area contributed by atoms with E-state index in [4.69, 9.17) is 16.7 Å². The van der Waals surface area contributed by atoms with Gasteiger partial charge in [0.05, 0.1) is 23.0 Å². The standard InChI is InChI=1S/C11H11ClN2O2S/c1-6-9(12)7(2)14(13-6)5-8-3-4-17-10(8)11(15)16/h3-4H,5H2,1-2H3,(H,15,16). The van der Waals surface area contributed by atoms with E-state index in [9.17, 15) is 4.79 Å². The Morgan fingerprint density at radius 3 is 2.82 bits per heavy atom. The van der Waals surface area contributed by atoms with E-state index in [0.717, 1.165) is 17.0 Å². The predicted molar refractivity (Wildman–Crippen MR) is 67.1 cm³/mol. The molecule has 90 valence electrons. The van der Waals surface area contributed by atoms with E-state index in [1.807, 2.05) is 13.8 Å². The first-order chi connectivity index (χ1) is 8.00. The first-order valence-corrected chi connectivity index (χ1v) is 6.25. The van der Waals surface area contributed by atoms with Crippen LogP contribution in [0.25, 0.3) is 0 Å². The number of carboxylic acid groups (broad SMARTS) is 1. The number of hydrogen-bond acceptors (Lipinski definition) is 3. The van der Waals surface area contributed by atoms with E-state index in [1.54, 1.807) is 16.1 Å². The van der Waals surface area contributed by atoms with Crippen LogP contribution in [0.1, 0.15) is 26.6 Å². The largest absolute Gasteiger partial charge is 0.477 e. The van der Waals surface area contributed by atoms with Gasteiger partial charge >= 0.3 is 5.97 Å². The molecule has 0 unspecified atom stereocenters. The second kappa shape index (κ2) is 4.50. The summed E-state index contributed by atoms with van der Waals surface area (Å²) in [6.07, 6.45) is 0. The topological polar surface area (TPSA) is 55.1 Å². The summed E-state index contributed by atoms with van der Waals surface area (Å²) < 4.78 is 1.73. The molecule has 0 saturated heterocycles. The highest BCUT2D eigenvalue weighted by Crippen LogP contribution is 2.22. The van der Waals surface area contributed by atoms with Crippen LogP contribution in [-0.4, -0.2) is 20.9 Å². The zero-order valence-electron chi connectivity index (χ0n) is 9.40. The minimum Gasteiger partial charge on any atom is -0.477 e. The smallest absolute Gasteiger partial charge is 0.346 e. The molecule has 4 nitrogen and oxygen atoms in total. The van der Waals surface area contributed by atoms with Gasteiger partial charge in [-0.3, -0.25) is 4.68 Å². The maximum Gasteiger partial charge on any atom is 0.346 e. The van der Waals surface area contributed by atoms with Crippen molar-refractivity contribution in [3.63, 3.8) is 0 Å². The number of carbonyl (C=O) groups is 1. The Morgan fingerprint density at radius 1 is 1.59 bits per heavy atom. The summed E-state index contributed by atoms with van der Waals surface area (Å²) in [6.45, 7) is 4.14. The van der Waals surface area contributed by atoms with E-state index in [0.29, 0.717) is 16.4 Å². The van der Waals surface area contributed by atoms with Crippen LogP contribution in [-0.2, 0) is 6.54 Å². The number of thiophene rings is 1. The Hall–Kier alpha value is -1.33. The predicted octanol–water partition coefficient (Wildman–Crippen LogP) is 2.96. The highest BCUT2D eigenvalue weighted by atomic mass is 35.5. The van der Waals surface area contributed by atoms with Crippen molar-refractivity contribution in [3.05, 3.63) is 38.3 Å². The third kappa shape index (κ3) is 2.21. The van der Waals surface area contributed by atoms with Gasteiger partial charge in [0, 0.05) is 0 Å². The Morgan fingerprint density at radius 2 is 2.29 bits per heavy atom. The third-order valence-corrected chi connectivity index (χ3v) is 4.05. The fourth-order valence-corrected chi connectivity index (χ4v) is 2.53. The first kappa shape index (κ1) is 12.1. The zero-order valence-corrected chi connectivity index (χ0v) is 11.0. The van der Waals surface area contributed by atoms with Crippen LogP contribution in [0, 0.1) is 13.8 Å². The fraction of sp³-hybridized carbons (Fsp3) is 0.273. The molecule has 2 aromatic heterocycles. The van der Waals surface area contributed by atoms with Crippen LogP contribution in [0.3, 0.4) is 0 Å². The van der Waals surface area contributed by atoms with Gasteiger partial charge in [0.2, 0.25) is 0 Å². The van der Waals surface area contributed by atoms with Crippen molar-refractivity contribution in [1.82, 2.24) is 9.78 Å². The SMILES string of the molecule is Cc1nn(Cc2ccsc2C(=O)O)c(C)c1Cl. The Labute approximate surface area is 107 Å². The molecule has 2 rings (SSSR count). The number of aromatic carboxylic acids is 1. The van der Waals surface area contributed by atoms with Gasteiger partial charge < -0.3 is 5.11 Å². The maximum atomic E-state index is 11.0. The number of nitrogens with zero attached hydrogens (tertiary/aromatic N) is 2. The molecule has 2 heterocycles. The van der Waals surface area contributed by atoms with Crippen LogP contribution in [0.15, 0.2) is 11.4 Å². The van der Waals surface area contributed by atoms with Crippen molar-refractivity contribution in [3.8, 4) is 0 Å². The summed E-state index contributed by atoms with van der Waals surface area (Å²) >= 11 is 7.26. The van der Waals surface area contributed by atoms with Crippen LogP contribution in [0.5, 0.6) is 0 Å². The summed E-state index contributed by atoms with van der Waals surface area (Å²) in [4.78, 5) is 11.3. The lowest BCUT2D eigenvalue weighted by Crippen LogP contribution is -2.07. The molecule has 2 aromatic rings. The molecule has 0 aliphatic heterocycles. The molecule has 6 heteroatoms. The summed E-state index contributed by atoms with van der Waals surface area (Å²) in [5.74, 6) is -0.900. The highest BCUT2D eigenvalue weighted by Gasteiger charge is 2.15. The number of aromatic nitrogens is 2. The van der Waals surface area contributed by atoms with Gasteiger partial charge in [-0.1, -0.05) is 11.6 Å². The number of halogens is 1. The van der Waals surface area contributed by atoms with Gasteiger partial charge in [0.25, 0.3) is 0 Å². The number of hydrogen-bond donors (Lipinski definition) is 1. The fourth-order valence-electron chi connectivity index (χ4n) is 1.64. The van der Waals surface area contributed by atoms with Gasteiger partial charge in [-0.2, -0.15) is 5.10 Å². The van der Waals surface area contributed by atoms with E-state index < -0.39 is 5.97 Å². The van der Waals surface area contributed by atoms with Gasteiger partial charge in [0.1, 0.15) is 4.88 Å². The average Bonchev–Trinajstić information content (AvgIpc) is 2.81. The summed E-state index contributed by atoms with van der Waals surface area (Å²) in [5, 5.41) is 15.7. The molecule has 0 amide bonds. The van der Waals surface area contributed by atoms with Crippen LogP contribution < -0.4 is 0 Å². The normalized spacial score (nSPS) is 10.8. The highest BCUT2D eigenvalue weighted by molar-refractivity contribution is 7.12. The lowest BCUT2D eigenvalue weighted by Gasteiger charge is -2.03. The summed E-state index contributed by atoms with van der Waals surface area (Å²) in [6, 6.07) is 1.80. The van der Waals surface area contributed by atoms with E-state index in [-0.39, 0.29) is 0 Å². The monoisotopic (exact) mass is 270 g/mol. The second-order valence-corrected chi connectivity index (χ2v) is 5.02. The van der Waals surface area contributed by atoms with E-state index >= 15 is 0 Å². The molecule has 0 fully saturated rings. The lowest BCUT2D eigenvalue weighted by atomic mass is 10.2. The molecule has 0 aliphatic rings. The van der Waals surface area contributed by atoms with Crippen molar-refractivity contribution < 1.29 is 9.90 Å². The molecule has 0 aliphatic carbocycles. The molecular formula is C11H11ClN2O2S. The summed E-state index contributed by atoms with van der Waals surface area (Å²) in [7, 11) is 0. The van der Waals surface area contributed by atoms with Gasteiger partial charge in [-0.25, -0.2) is 4.79 Å². The van der Waals surface area contributed by atoms with E-state index in [1.165, 1.54) is 11.3 Å². The molecule has 0 radical (unpaired) electrons. The van der Waals surface area contributed by atoms with Gasteiger partial charge in [-0.15, -0.1) is 11.3 Å². The second-order valence-electron chi connectivity index (χ2n) is 3.72. The zero-order chi connectivity index (χ0) is 12.6. The van der Waals surface area contributed by atoms with Crippen molar-refractivity contribution in [2.45, 2.75) is 20.4 Å². The molecular weight excluding hydrogens is 260 g/mol.